The van der Waals surface area contributed by atoms with E-state index in [0.29, 0.717) is 13.1 Å². The van der Waals surface area contributed by atoms with E-state index < -0.39 is 18.6 Å². The Bertz CT molecular complexity index is 448. The minimum Gasteiger partial charge on any atom is -0.479 e. The lowest BCUT2D eigenvalue weighted by atomic mass is 10.0. The van der Waals surface area contributed by atoms with E-state index in [0.717, 1.165) is 12.8 Å². The van der Waals surface area contributed by atoms with Crippen molar-refractivity contribution >= 4 is 12.0 Å². The number of urea groups is 1. The van der Waals surface area contributed by atoms with Gasteiger partial charge in [-0.2, -0.15) is 0 Å². The molecule has 0 spiro atoms. The average molecular weight is 264 g/mol. The molecule has 102 valence electrons. The normalized spacial score (nSPS) is 14.4. The first-order valence-electron chi connectivity index (χ1n) is 6.12. The summed E-state index contributed by atoms with van der Waals surface area (Å²) in [5.74, 6) is -1.12. The maximum Gasteiger partial charge on any atom is 0.341 e. The van der Waals surface area contributed by atoms with E-state index in [2.05, 4.69) is 22.5 Å². The molecule has 1 heterocycles. The lowest BCUT2D eigenvalue weighted by Crippen LogP contribution is -2.41. The molecule has 0 unspecified atom stereocenters. The van der Waals surface area contributed by atoms with Crippen LogP contribution < -0.4 is 5.48 Å². The third-order valence-electron chi connectivity index (χ3n) is 3.06. The molecule has 1 aliphatic rings. The molecule has 0 bridgehead atoms. The smallest absolute Gasteiger partial charge is 0.341 e. The van der Waals surface area contributed by atoms with Crippen LogP contribution in [-0.4, -0.2) is 41.7 Å². The Morgan fingerprint density at radius 3 is 2.32 bits per heavy atom. The van der Waals surface area contributed by atoms with Gasteiger partial charge < -0.3 is 10.0 Å². The Morgan fingerprint density at radius 1 is 1.21 bits per heavy atom. The van der Waals surface area contributed by atoms with Gasteiger partial charge in [0.05, 0.1) is 0 Å². The van der Waals surface area contributed by atoms with Crippen LogP contribution in [0.5, 0.6) is 0 Å². The minimum atomic E-state index is -1.12. The summed E-state index contributed by atoms with van der Waals surface area (Å²) < 4.78 is 0. The van der Waals surface area contributed by atoms with Crippen LogP contribution in [0.3, 0.4) is 0 Å². The van der Waals surface area contributed by atoms with Crippen molar-refractivity contribution in [3.8, 4) is 0 Å². The first-order valence-corrected chi connectivity index (χ1v) is 6.12. The van der Waals surface area contributed by atoms with Crippen LogP contribution in [0.1, 0.15) is 11.1 Å². The summed E-state index contributed by atoms with van der Waals surface area (Å²) in [7, 11) is 0. The molecule has 2 rings (SSSR count). The van der Waals surface area contributed by atoms with Gasteiger partial charge in [-0.1, -0.05) is 24.3 Å². The van der Waals surface area contributed by atoms with Gasteiger partial charge >= 0.3 is 12.0 Å². The fourth-order valence-electron chi connectivity index (χ4n) is 2.10. The highest BCUT2D eigenvalue weighted by Crippen LogP contribution is 2.15. The van der Waals surface area contributed by atoms with E-state index in [1.165, 1.54) is 11.1 Å². The summed E-state index contributed by atoms with van der Waals surface area (Å²) in [5.41, 5.74) is 4.65. The maximum absolute atomic E-state index is 11.8. The van der Waals surface area contributed by atoms with Crippen LogP contribution in [0.4, 0.5) is 4.79 Å². The first kappa shape index (κ1) is 13.4. The number of aliphatic carboxylic acids is 1. The van der Waals surface area contributed by atoms with Crippen molar-refractivity contribution in [2.45, 2.75) is 12.8 Å². The Balaban J connectivity index is 1.87. The molecule has 0 aliphatic carbocycles. The highest BCUT2D eigenvalue weighted by molar-refractivity contribution is 5.74. The van der Waals surface area contributed by atoms with E-state index in [1.807, 2.05) is 12.1 Å². The predicted octanol–water partition coefficient (Wildman–Crippen LogP) is 0.813. The number of hydrogen-bond acceptors (Lipinski definition) is 3. The van der Waals surface area contributed by atoms with Gasteiger partial charge in [-0.05, 0) is 24.0 Å². The van der Waals surface area contributed by atoms with Crippen molar-refractivity contribution in [1.29, 1.82) is 0 Å². The number of nitrogens with one attached hydrogen (secondary N) is 1. The molecule has 19 heavy (non-hydrogen) atoms. The molecule has 0 atom stereocenters. The molecule has 2 N–H and O–H groups in total. The standard InChI is InChI=1S/C13H16N2O4/c16-12(17)9-19-14-13(18)15-7-5-10-3-1-2-4-11(10)6-8-15/h1-4H,5-9H2,(H,14,18)(H,16,17). The van der Waals surface area contributed by atoms with Gasteiger partial charge in [0.15, 0.2) is 6.61 Å². The molecule has 0 saturated heterocycles. The summed E-state index contributed by atoms with van der Waals surface area (Å²) in [5, 5.41) is 8.41. The Hall–Kier alpha value is -2.08. The molecule has 2 amide bonds. The monoisotopic (exact) mass is 264 g/mol. The highest BCUT2D eigenvalue weighted by atomic mass is 16.7. The van der Waals surface area contributed by atoms with Crippen molar-refractivity contribution in [3.05, 3.63) is 35.4 Å². The average Bonchev–Trinajstić information content (AvgIpc) is 2.60. The highest BCUT2D eigenvalue weighted by Gasteiger charge is 2.18. The number of hydroxylamine groups is 1. The summed E-state index contributed by atoms with van der Waals surface area (Å²) in [6, 6.07) is 7.72. The molecular weight excluding hydrogens is 248 g/mol. The van der Waals surface area contributed by atoms with E-state index in [9.17, 15) is 9.59 Å². The molecule has 6 nitrogen and oxygen atoms in total. The molecule has 0 fully saturated rings. The van der Waals surface area contributed by atoms with Crippen molar-refractivity contribution in [1.82, 2.24) is 10.4 Å². The molecule has 0 saturated carbocycles. The van der Waals surface area contributed by atoms with Crippen molar-refractivity contribution in [3.63, 3.8) is 0 Å². The van der Waals surface area contributed by atoms with Crippen LogP contribution >= 0.6 is 0 Å². The van der Waals surface area contributed by atoms with E-state index in [1.54, 1.807) is 4.90 Å². The quantitative estimate of drug-likeness (QED) is 0.792. The van der Waals surface area contributed by atoms with Crippen LogP contribution in [0.2, 0.25) is 0 Å². The van der Waals surface area contributed by atoms with Crippen molar-refractivity contribution in [2.24, 2.45) is 0 Å². The Kier molecular flexibility index (Phi) is 4.35. The second-order valence-corrected chi connectivity index (χ2v) is 4.35. The molecule has 1 aliphatic heterocycles. The van der Waals surface area contributed by atoms with E-state index >= 15 is 0 Å². The van der Waals surface area contributed by atoms with Gasteiger partial charge in [-0.15, -0.1) is 0 Å². The molecule has 1 aromatic carbocycles. The number of nitrogens with zero attached hydrogens (tertiary/aromatic N) is 1. The fourth-order valence-corrected chi connectivity index (χ4v) is 2.10. The largest absolute Gasteiger partial charge is 0.479 e. The van der Waals surface area contributed by atoms with Crippen molar-refractivity contribution < 1.29 is 19.5 Å². The van der Waals surface area contributed by atoms with Crippen LogP contribution in [0.25, 0.3) is 0 Å². The molecule has 6 heteroatoms. The number of fused-ring (bicyclic) bond motifs is 1. The van der Waals surface area contributed by atoms with Gasteiger partial charge in [0.1, 0.15) is 0 Å². The molecule has 0 radical (unpaired) electrons. The summed E-state index contributed by atoms with van der Waals surface area (Å²) in [6.07, 6.45) is 1.59. The van der Waals surface area contributed by atoms with Gasteiger partial charge in [-0.25, -0.2) is 15.1 Å². The summed E-state index contributed by atoms with van der Waals surface area (Å²) in [4.78, 5) is 28.3. The number of carbonyl (C=O) groups excluding carboxylic acids is 1. The SMILES string of the molecule is O=C(O)CONC(=O)N1CCc2ccccc2CC1. The zero-order valence-corrected chi connectivity index (χ0v) is 10.5. The molecule has 0 aromatic heterocycles. The van der Waals surface area contributed by atoms with E-state index in [-0.39, 0.29) is 0 Å². The molecule has 1 aromatic rings. The number of carboxylic acids is 1. The van der Waals surface area contributed by atoms with E-state index in [4.69, 9.17) is 5.11 Å². The predicted molar refractivity (Wildman–Crippen MR) is 67.5 cm³/mol. The topological polar surface area (TPSA) is 78.9 Å². The van der Waals surface area contributed by atoms with Crippen LogP contribution in [0, 0.1) is 0 Å². The minimum absolute atomic E-state index is 0.394. The number of carboxylic acid groups (broad SMARTS) is 1. The maximum atomic E-state index is 11.8. The summed E-state index contributed by atoms with van der Waals surface area (Å²) >= 11 is 0. The van der Waals surface area contributed by atoms with Crippen LogP contribution in [0.15, 0.2) is 24.3 Å². The summed E-state index contributed by atoms with van der Waals surface area (Å²) in [6.45, 7) is 0.651. The molecular formula is C13H16N2O4. The number of carbonyl (C=O) groups is 2. The van der Waals surface area contributed by atoms with Crippen LogP contribution in [-0.2, 0) is 22.5 Å². The number of hydrogen-bond donors (Lipinski definition) is 2. The second-order valence-electron chi connectivity index (χ2n) is 4.35. The lowest BCUT2D eigenvalue weighted by Gasteiger charge is -2.19. The third kappa shape index (κ3) is 3.69. The van der Waals surface area contributed by atoms with Gasteiger partial charge in [0.2, 0.25) is 0 Å². The zero-order chi connectivity index (χ0) is 13.7. The van der Waals surface area contributed by atoms with Gasteiger partial charge in [-0.3, -0.25) is 4.84 Å². The Labute approximate surface area is 110 Å². The Morgan fingerprint density at radius 2 is 1.79 bits per heavy atom. The van der Waals surface area contributed by atoms with Gasteiger partial charge in [0, 0.05) is 13.1 Å². The fraction of sp³-hybridized carbons (Fsp3) is 0.385. The van der Waals surface area contributed by atoms with Crippen molar-refractivity contribution in [2.75, 3.05) is 19.7 Å². The number of rotatable bonds is 3. The second kappa shape index (κ2) is 6.19. The number of benzene rings is 1. The zero-order valence-electron chi connectivity index (χ0n) is 10.5. The third-order valence-corrected chi connectivity index (χ3v) is 3.06. The number of amides is 2. The lowest BCUT2D eigenvalue weighted by molar-refractivity contribution is -0.144. The first-order chi connectivity index (χ1) is 9.16. The van der Waals surface area contributed by atoms with Gasteiger partial charge in [0.25, 0.3) is 0 Å².